The van der Waals surface area contributed by atoms with Crippen molar-refractivity contribution in [2.45, 2.75) is 38.6 Å². The van der Waals surface area contributed by atoms with Gasteiger partial charge in [-0.15, -0.1) is 0 Å². The SMILES string of the molecule is Cc1ccc(=O)n(CC(=O)N2CCC3(CC2)C[C@H](c2ccccc2)CN(C)C3)n1. The molecule has 1 amide bonds. The monoisotopic (exact) mass is 394 g/mol. The summed E-state index contributed by atoms with van der Waals surface area (Å²) in [7, 11) is 2.21. The van der Waals surface area contributed by atoms with Gasteiger partial charge in [0.15, 0.2) is 0 Å². The van der Waals surface area contributed by atoms with E-state index < -0.39 is 0 Å². The molecule has 0 radical (unpaired) electrons. The van der Waals surface area contributed by atoms with Gasteiger partial charge in [-0.1, -0.05) is 30.3 Å². The summed E-state index contributed by atoms with van der Waals surface area (Å²) in [5.74, 6) is 0.538. The van der Waals surface area contributed by atoms with E-state index in [1.165, 1.54) is 22.7 Å². The lowest BCUT2D eigenvalue weighted by atomic mass is 9.68. The van der Waals surface area contributed by atoms with Crippen LogP contribution in [0.2, 0.25) is 0 Å². The number of amides is 1. The van der Waals surface area contributed by atoms with Crippen LogP contribution in [0.15, 0.2) is 47.3 Å². The highest BCUT2D eigenvalue weighted by Crippen LogP contribution is 2.44. The molecule has 4 rings (SSSR count). The molecule has 0 unspecified atom stereocenters. The van der Waals surface area contributed by atoms with Gasteiger partial charge in [0, 0.05) is 32.2 Å². The van der Waals surface area contributed by atoms with Crippen LogP contribution in [0.25, 0.3) is 0 Å². The van der Waals surface area contributed by atoms with Crippen LogP contribution in [0.5, 0.6) is 0 Å². The van der Waals surface area contributed by atoms with Crippen LogP contribution in [-0.4, -0.2) is 58.7 Å². The van der Waals surface area contributed by atoms with Gasteiger partial charge in [-0.2, -0.15) is 5.10 Å². The quantitative estimate of drug-likeness (QED) is 0.801. The van der Waals surface area contributed by atoms with E-state index in [9.17, 15) is 9.59 Å². The summed E-state index contributed by atoms with van der Waals surface area (Å²) in [5.41, 5.74) is 2.20. The van der Waals surface area contributed by atoms with Gasteiger partial charge in [0.25, 0.3) is 5.56 Å². The number of aryl methyl sites for hydroxylation is 1. The van der Waals surface area contributed by atoms with Crippen LogP contribution in [0.1, 0.15) is 36.4 Å². The van der Waals surface area contributed by atoms with E-state index in [-0.39, 0.29) is 23.4 Å². The van der Waals surface area contributed by atoms with E-state index in [1.54, 1.807) is 6.07 Å². The van der Waals surface area contributed by atoms with Gasteiger partial charge in [0.1, 0.15) is 6.54 Å². The molecule has 0 saturated carbocycles. The molecule has 1 aromatic heterocycles. The van der Waals surface area contributed by atoms with E-state index in [0.29, 0.717) is 5.92 Å². The first-order valence-corrected chi connectivity index (χ1v) is 10.5. The number of nitrogens with zero attached hydrogens (tertiary/aromatic N) is 4. The number of carbonyl (C=O) groups is 1. The van der Waals surface area contributed by atoms with Crippen LogP contribution in [0.3, 0.4) is 0 Å². The van der Waals surface area contributed by atoms with Crippen molar-refractivity contribution >= 4 is 5.91 Å². The molecular weight excluding hydrogens is 364 g/mol. The summed E-state index contributed by atoms with van der Waals surface area (Å²) in [4.78, 5) is 29.1. The van der Waals surface area contributed by atoms with Crippen LogP contribution >= 0.6 is 0 Å². The molecule has 2 saturated heterocycles. The third-order valence-electron chi connectivity index (χ3n) is 6.55. The fraction of sp³-hybridized carbons (Fsp3) is 0.522. The molecule has 29 heavy (non-hydrogen) atoms. The third kappa shape index (κ3) is 4.42. The number of hydrogen-bond acceptors (Lipinski definition) is 4. The Morgan fingerprint density at radius 2 is 1.86 bits per heavy atom. The number of benzene rings is 1. The Kier molecular flexibility index (Phi) is 5.54. The second kappa shape index (κ2) is 8.11. The maximum Gasteiger partial charge on any atom is 0.267 e. The van der Waals surface area contributed by atoms with Crippen molar-refractivity contribution in [3.63, 3.8) is 0 Å². The molecule has 2 fully saturated rings. The zero-order valence-corrected chi connectivity index (χ0v) is 17.4. The first kappa shape index (κ1) is 19.8. The summed E-state index contributed by atoms with van der Waals surface area (Å²) in [6, 6.07) is 14.0. The second-order valence-electron chi connectivity index (χ2n) is 8.86. The zero-order chi connectivity index (χ0) is 20.4. The number of rotatable bonds is 3. The average molecular weight is 395 g/mol. The predicted molar refractivity (Wildman–Crippen MR) is 113 cm³/mol. The van der Waals surface area contributed by atoms with Crippen molar-refractivity contribution in [2.24, 2.45) is 5.41 Å². The Hall–Kier alpha value is -2.47. The van der Waals surface area contributed by atoms with Crippen molar-refractivity contribution in [2.75, 3.05) is 33.2 Å². The van der Waals surface area contributed by atoms with Crippen LogP contribution in [-0.2, 0) is 11.3 Å². The Labute approximate surface area is 172 Å². The van der Waals surface area contributed by atoms with Crippen LogP contribution in [0, 0.1) is 12.3 Å². The zero-order valence-electron chi connectivity index (χ0n) is 17.4. The molecule has 2 aromatic rings. The molecule has 2 aliphatic rings. The summed E-state index contributed by atoms with van der Waals surface area (Å²) >= 11 is 0. The van der Waals surface area contributed by atoms with Crippen LogP contribution < -0.4 is 5.56 Å². The highest BCUT2D eigenvalue weighted by Gasteiger charge is 2.42. The fourth-order valence-electron chi connectivity index (χ4n) is 5.10. The highest BCUT2D eigenvalue weighted by atomic mass is 16.2. The maximum atomic E-state index is 12.8. The number of aromatic nitrogens is 2. The number of carbonyl (C=O) groups excluding carboxylic acids is 1. The van der Waals surface area contributed by atoms with Gasteiger partial charge in [-0.05, 0) is 56.2 Å². The molecule has 6 nitrogen and oxygen atoms in total. The first-order valence-electron chi connectivity index (χ1n) is 10.5. The van der Waals surface area contributed by atoms with Gasteiger partial charge < -0.3 is 9.80 Å². The van der Waals surface area contributed by atoms with Crippen molar-refractivity contribution in [1.29, 1.82) is 0 Å². The topological polar surface area (TPSA) is 58.4 Å². The molecule has 0 bridgehead atoms. The summed E-state index contributed by atoms with van der Waals surface area (Å²) in [6.07, 6.45) is 3.22. The first-order chi connectivity index (χ1) is 13.9. The standard InChI is InChI=1S/C23H30N4O2/c1-18-8-9-21(28)27(24-18)16-22(29)26-12-10-23(11-13-26)14-20(15-25(2)17-23)19-6-4-3-5-7-19/h3-9,20H,10-17H2,1-2H3/t20-/m0/s1. The third-order valence-corrected chi connectivity index (χ3v) is 6.55. The van der Waals surface area contributed by atoms with Crippen molar-refractivity contribution < 1.29 is 4.79 Å². The van der Waals surface area contributed by atoms with E-state index in [1.807, 2.05) is 11.8 Å². The van der Waals surface area contributed by atoms with E-state index in [0.717, 1.165) is 44.7 Å². The Balaban J connectivity index is 1.41. The lowest BCUT2D eigenvalue weighted by molar-refractivity contribution is -0.135. The molecular formula is C23H30N4O2. The van der Waals surface area contributed by atoms with E-state index in [2.05, 4.69) is 47.4 Å². The van der Waals surface area contributed by atoms with Crippen molar-refractivity contribution in [3.05, 3.63) is 64.1 Å². The minimum atomic E-state index is -0.225. The Bertz CT molecular complexity index is 916. The highest BCUT2D eigenvalue weighted by molar-refractivity contribution is 5.76. The predicted octanol–water partition coefficient (Wildman–Crippen LogP) is 2.28. The minimum Gasteiger partial charge on any atom is -0.341 e. The largest absolute Gasteiger partial charge is 0.341 e. The smallest absolute Gasteiger partial charge is 0.267 e. The lowest BCUT2D eigenvalue weighted by Crippen LogP contribution is -2.52. The van der Waals surface area contributed by atoms with Gasteiger partial charge in [0.05, 0.1) is 5.69 Å². The Morgan fingerprint density at radius 3 is 2.59 bits per heavy atom. The van der Waals surface area contributed by atoms with E-state index >= 15 is 0 Å². The van der Waals surface area contributed by atoms with Crippen molar-refractivity contribution in [3.8, 4) is 0 Å². The van der Waals surface area contributed by atoms with Gasteiger partial charge in [-0.25, -0.2) is 4.68 Å². The molecule has 0 aliphatic carbocycles. The number of likely N-dealkylation sites (N-methyl/N-ethyl adjacent to an activating group) is 1. The number of piperidine rings is 2. The van der Waals surface area contributed by atoms with Gasteiger partial charge in [0.2, 0.25) is 5.91 Å². The molecule has 0 N–H and O–H groups in total. The molecule has 1 spiro atoms. The maximum absolute atomic E-state index is 12.8. The average Bonchev–Trinajstić information content (AvgIpc) is 2.71. The molecule has 1 atom stereocenters. The second-order valence-corrected chi connectivity index (χ2v) is 8.86. The molecule has 3 heterocycles. The van der Waals surface area contributed by atoms with Gasteiger partial charge >= 0.3 is 0 Å². The van der Waals surface area contributed by atoms with Crippen molar-refractivity contribution in [1.82, 2.24) is 19.6 Å². The minimum absolute atomic E-state index is 0.0103. The fourth-order valence-corrected chi connectivity index (χ4v) is 5.10. The van der Waals surface area contributed by atoms with Crippen LogP contribution in [0.4, 0.5) is 0 Å². The summed E-state index contributed by atoms with van der Waals surface area (Å²) in [6.45, 7) is 5.56. The van der Waals surface area contributed by atoms with Gasteiger partial charge in [-0.3, -0.25) is 9.59 Å². The molecule has 1 aromatic carbocycles. The number of hydrogen-bond donors (Lipinski definition) is 0. The lowest BCUT2D eigenvalue weighted by Gasteiger charge is -2.49. The molecule has 154 valence electrons. The summed E-state index contributed by atoms with van der Waals surface area (Å²) in [5, 5.41) is 4.19. The summed E-state index contributed by atoms with van der Waals surface area (Å²) < 4.78 is 1.28. The molecule has 6 heteroatoms. The Morgan fingerprint density at radius 1 is 1.14 bits per heavy atom. The molecule has 2 aliphatic heterocycles. The number of likely N-dealkylation sites (tertiary alicyclic amines) is 2. The van der Waals surface area contributed by atoms with E-state index in [4.69, 9.17) is 0 Å². The normalized spacial score (nSPS) is 22.0.